The summed E-state index contributed by atoms with van der Waals surface area (Å²) >= 11 is 0. The summed E-state index contributed by atoms with van der Waals surface area (Å²) in [5, 5.41) is 0. The first kappa shape index (κ1) is 5.74. The van der Waals surface area contributed by atoms with E-state index in [1.807, 2.05) is 6.08 Å². The molecule has 34 valence electrons. The molecule has 0 nitrogen and oxygen atoms in total. The van der Waals surface area contributed by atoms with Crippen LogP contribution in [0.25, 0.3) is 0 Å². The maximum Gasteiger partial charge on any atom is -0.0352 e. The Kier molecular flexibility index (Phi) is 4.53. The van der Waals surface area contributed by atoms with Gasteiger partial charge in [-0.2, -0.15) is 0 Å². The minimum atomic E-state index is 0.784. The van der Waals surface area contributed by atoms with Crippen molar-refractivity contribution in [2.45, 2.75) is 19.3 Å². The van der Waals surface area contributed by atoms with E-state index in [0.717, 1.165) is 19.3 Å². The fourth-order valence-electron chi connectivity index (χ4n) is 0.262. The second-order valence-corrected chi connectivity index (χ2v) is 1.22. The molecule has 2 radical (unpaired) electrons. The van der Waals surface area contributed by atoms with Crippen LogP contribution in [0.4, 0.5) is 0 Å². The van der Waals surface area contributed by atoms with Gasteiger partial charge in [-0.05, 0) is 26.2 Å². The van der Waals surface area contributed by atoms with Gasteiger partial charge in [-0.1, -0.05) is 6.08 Å². The van der Waals surface area contributed by atoms with Crippen LogP contribution in [0.1, 0.15) is 19.3 Å². The molecule has 0 aliphatic carbocycles. The van der Waals surface area contributed by atoms with Crippen LogP contribution in [0.3, 0.4) is 0 Å². The molecule has 0 heterocycles. The third kappa shape index (κ3) is 3.74. The van der Waals surface area contributed by atoms with Gasteiger partial charge in [0.25, 0.3) is 0 Å². The Morgan fingerprint density at radius 2 is 2.33 bits per heavy atom. The summed E-state index contributed by atoms with van der Waals surface area (Å²) in [6.45, 7) is 8.71. The molecule has 0 aromatic rings. The van der Waals surface area contributed by atoms with Gasteiger partial charge in [0.15, 0.2) is 0 Å². The fourth-order valence-corrected chi connectivity index (χ4v) is 0.262. The van der Waals surface area contributed by atoms with Crippen LogP contribution in [0.2, 0.25) is 0 Å². The molecule has 0 rings (SSSR count). The standard InChI is InChI=1S/C6H10/c1-3-5-6-4-2/h1,4H,2-3,5-6H2. The minimum Gasteiger partial charge on any atom is -0.103 e. The Hall–Kier alpha value is -0.260. The van der Waals surface area contributed by atoms with Gasteiger partial charge in [-0.3, -0.25) is 0 Å². The highest BCUT2D eigenvalue weighted by Gasteiger charge is 1.71. The third-order valence-electron chi connectivity index (χ3n) is 0.612. The van der Waals surface area contributed by atoms with Crippen LogP contribution in [-0.2, 0) is 0 Å². The van der Waals surface area contributed by atoms with Gasteiger partial charge in [0, 0.05) is 0 Å². The molecule has 0 aliphatic heterocycles. The number of hydrogen-bond donors (Lipinski definition) is 0. The zero-order valence-electron chi connectivity index (χ0n) is 3.98. The molecule has 0 unspecified atom stereocenters. The van der Waals surface area contributed by atoms with Crippen molar-refractivity contribution in [3.8, 4) is 0 Å². The normalized spacial score (nSPS) is 8.17. The van der Waals surface area contributed by atoms with Crippen LogP contribution in [0, 0.1) is 6.92 Å². The third-order valence-corrected chi connectivity index (χ3v) is 0.612. The molecule has 0 saturated heterocycles. The van der Waals surface area contributed by atoms with Gasteiger partial charge in [-0.25, -0.2) is 0 Å². The van der Waals surface area contributed by atoms with E-state index in [9.17, 15) is 0 Å². The zero-order chi connectivity index (χ0) is 4.83. The molecule has 0 heteroatoms. The highest BCUT2D eigenvalue weighted by Crippen LogP contribution is 1.90. The largest absolute Gasteiger partial charge is 0.103 e. The monoisotopic (exact) mass is 82.1 g/mol. The molecular weight excluding hydrogens is 72.1 g/mol. The van der Waals surface area contributed by atoms with Crippen molar-refractivity contribution in [3.63, 3.8) is 0 Å². The molecule has 0 saturated carbocycles. The molecule has 0 N–H and O–H groups in total. The first-order valence-corrected chi connectivity index (χ1v) is 2.22. The highest BCUT2D eigenvalue weighted by molar-refractivity contribution is 4.65. The lowest BCUT2D eigenvalue weighted by atomic mass is 10.3. The lowest BCUT2D eigenvalue weighted by Crippen LogP contribution is -1.62. The molecule has 0 fully saturated rings. The Morgan fingerprint density at radius 3 is 2.50 bits per heavy atom. The van der Waals surface area contributed by atoms with E-state index in [2.05, 4.69) is 6.58 Å². The summed E-state index contributed by atoms with van der Waals surface area (Å²) in [6, 6.07) is 0. The maximum atomic E-state index is 5.17. The fraction of sp³-hybridized carbons (Fsp3) is 0.500. The van der Waals surface area contributed by atoms with Gasteiger partial charge < -0.3 is 0 Å². The quantitative estimate of drug-likeness (QED) is 0.361. The van der Waals surface area contributed by atoms with E-state index in [4.69, 9.17) is 6.92 Å². The summed E-state index contributed by atoms with van der Waals surface area (Å²) in [5.74, 6) is 0. The Bertz CT molecular complexity index is 29.0. The van der Waals surface area contributed by atoms with Crippen molar-refractivity contribution < 1.29 is 0 Å². The van der Waals surface area contributed by atoms with E-state index >= 15 is 0 Å². The second kappa shape index (κ2) is 4.74. The first-order chi connectivity index (χ1) is 2.91. The average molecular weight is 82.1 g/mol. The molecule has 0 aliphatic rings. The van der Waals surface area contributed by atoms with Crippen LogP contribution >= 0.6 is 0 Å². The summed E-state index contributed by atoms with van der Waals surface area (Å²) < 4.78 is 0. The number of hydrogen-bond acceptors (Lipinski definition) is 0. The Morgan fingerprint density at radius 1 is 1.67 bits per heavy atom. The molecule has 0 bridgehead atoms. The number of rotatable bonds is 3. The van der Waals surface area contributed by atoms with Gasteiger partial charge in [0.1, 0.15) is 0 Å². The van der Waals surface area contributed by atoms with Crippen LogP contribution in [0.15, 0.2) is 12.7 Å². The van der Waals surface area contributed by atoms with E-state index < -0.39 is 0 Å². The lowest BCUT2D eigenvalue weighted by molar-refractivity contribution is 0.867. The zero-order valence-corrected chi connectivity index (χ0v) is 3.98. The summed E-state index contributed by atoms with van der Waals surface area (Å²) in [4.78, 5) is 0. The second-order valence-electron chi connectivity index (χ2n) is 1.22. The topological polar surface area (TPSA) is 0 Å². The van der Waals surface area contributed by atoms with Crippen molar-refractivity contribution >= 4 is 0 Å². The van der Waals surface area contributed by atoms with Crippen molar-refractivity contribution in [3.05, 3.63) is 19.6 Å². The minimum absolute atomic E-state index is 0.784. The SMILES string of the molecule is [CH]CCCC=C. The van der Waals surface area contributed by atoms with E-state index in [1.165, 1.54) is 0 Å². The van der Waals surface area contributed by atoms with E-state index in [1.54, 1.807) is 0 Å². The molecule has 6 heavy (non-hydrogen) atoms. The predicted molar refractivity (Wildman–Crippen MR) is 28.3 cm³/mol. The van der Waals surface area contributed by atoms with Crippen molar-refractivity contribution in [2.75, 3.05) is 0 Å². The summed E-state index contributed by atoms with van der Waals surface area (Å²) in [6.07, 6.45) is 4.79. The maximum absolute atomic E-state index is 5.17. The predicted octanol–water partition coefficient (Wildman–Crippen LogP) is 2.05. The first-order valence-electron chi connectivity index (χ1n) is 2.22. The highest BCUT2D eigenvalue weighted by atomic mass is 13.8. The lowest BCUT2D eigenvalue weighted by Gasteiger charge is -1.81. The van der Waals surface area contributed by atoms with Crippen molar-refractivity contribution in [1.82, 2.24) is 0 Å². The van der Waals surface area contributed by atoms with E-state index in [0.29, 0.717) is 0 Å². The van der Waals surface area contributed by atoms with Gasteiger partial charge in [0.05, 0.1) is 0 Å². The van der Waals surface area contributed by atoms with Gasteiger partial charge in [0.2, 0.25) is 0 Å². The molecule has 0 atom stereocenters. The van der Waals surface area contributed by atoms with Gasteiger partial charge in [-0.15, -0.1) is 6.58 Å². The molecule has 0 aromatic heterocycles. The molecule has 0 spiro atoms. The Labute approximate surface area is 39.9 Å². The molecule has 0 aromatic carbocycles. The van der Waals surface area contributed by atoms with Crippen molar-refractivity contribution in [1.29, 1.82) is 0 Å². The average Bonchev–Trinajstić information content (AvgIpc) is 1.61. The summed E-state index contributed by atoms with van der Waals surface area (Å²) in [7, 11) is 0. The number of unbranched alkanes of at least 4 members (excludes halogenated alkanes) is 2. The smallest absolute Gasteiger partial charge is 0.0352 e. The number of allylic oxidation sites excluding steroid dienone is 1. The van der Waals surface area contributed by atoms with Crippen molar-refractivity contribution in [2.24, 2.45) is 0 Å². The summed E-state index contributed by atoms with van der Waals surface area (Å²) in [5.41, 5.74) is 0. The van der Waals surface area contributed by atoms with Crippen LogP contribution < -0.4 is 0 Å². The molecule has 0 amide bonds. The van der Waals surface area contributed by atoms with Crippen LogP contribution in [-0.4, -0.2) is 0 Å². The molecular formula is C6H10. The van der Waals surface area contributed by atoms with Crippen LogP contribution in [0.5, 0.6) is 0 Å². The Balaban J connectivity index is 2.49. The van der Waals surface area contributed by atoms with E-state index in [-0.39, 0.29) is 0 Å². The van der Waals surface area contributed by atoms with Gasteiger partial charge >= 0.3 is 0 Å².